The Hall–Kier alpha value is -5.11. The highest BCUT2D eigenvalue weighted by molar-refractivity contribution is 5.69. The van der Waals surface area contributed by atoms with Crippen LogP contribution in [0, 0.1) is 0 Å². The molecule has 14 nitrogen and oxygen atoms in total. The summed E-state index contributed by atoms with van der Waals surface area (Å²) in [6.07, 6.45) is -6.46. The van der Waals surface area contributed by atoms with Crippen LogP contribution in [0.1, 0.15) is 58.7 Å². The summed E-state index contributed by atoms with van der Waals surface area (Å²) in [6.45, 7) is 8.21. The highest BCUT2D eigenvalue weighted by Crippen LogP contribution is 2.38. The van der Waals surface area contributed by atoms with Gasteiger partial charge in [-0.2, -0.15) is 0 Å². The first-order valence-electron chi connectivity index (χ1n) is 15.7. The summed E-state index contributed by atoms with van der Waals surface area (Å²) in [4.78, 5) is 48.7. The van der Waals surface area contributed by atoms with Crippen molar-refractivity contribution in [3.63, 3.8) is 0 Å². The lowest BCUT2D eigenvalue weighted by Gasteiger charge is -2.43. The number of aromatic nitrogens is 2. The Morgan fingerprint density at radius 2 is 1.29 bits per heavy atom. The lowest BCUT2D eigenvalue weighted by atomic mass is 9.97. The Morgan fingerprint density at radius 3 is 1.80 bits per heavy atom. The normalized spacial score (nSPS) is 20.2. The molecule has 1 fully saturated rings. The minimum Gasteiger partial charge on any atom is -0.497 e. The molecule has 0 N–H and O–H groups in total. The highest BCUT2D eigenvalue weighted by Gasteiger charge is 2.53. The topological polar surface area (TPSA) is 160 Å². The standard InChI is InChI=1S/C35H42N2O12/c1-19(2)37-30(25-11-15-27(43-8)16-12-25)28(17-24-9-13-26(42-7)14-10-24)34(36-37)49-35-33(47-23(6)41)32(46-22(5)40)31(45-21(4)39)29(48-35)18-44-20(3)38/h9-16,19,29,31-33,35H,17-18H2,1-8H3/t29-,31-,32+,33-,35+/m1/s1. The molecule has 4 rings (SSSR count). The average Bonchev–Trinajstić information content (AvgIpc) is 3.40. The van der Waals surface area contributed by atoms with Crippen LogP contribution in [0.15, 0.2) is 48.5 Å². The summed E-state index contributed by atoms with van der Waals surface area (Å²) in [5, 5.41) is 4.86. The van der Waals surface area contributed by atoms with Crippen LogP contribution in [-0.2, 0) is 49.3 Å². The van der Waals surface area contributed by atoms with Gasteiger partial charge in [-0.25, -0.2) is 0 Å². The van der Waals surface area contributed by atoms with Gasteiger partial charge in [0.25, 0.3) is 0 Å². The van der Waals surface area contributed by atoms with Gasteiger partial charge in [-0.15, -0.1) is 5.10 Å². The first kappa shape index (κ1) is 36.7. The van der Waals surface area contributed by atoms with Crippen molar-refractivity contribution in [2.24, 2.45) is 0 Å². The summed E-state index contributed by atoms with van der Waals surface area (Å²) in [5.41, 5.74) is 3.14. The summed E-state index contributed by atoms with van der Waals surface area (Å²) in [5.74, 6) is -1.37. The lowest BCUT2D eigenvalue weighted by molar-refractivity contribution is -0.289. The molecule has 3 aromatic rings. The van der Waals surface area contributed by atoms with Crippen molar-refractivity contribution >= 4 is 23.9 Å². The van der Waals surface area contributed by atoms with E-state index in [1.807, 2.05) is 62.4 Å². The molecule has 0 aliphatic carbocycles. The zero-order valence-electron chi connectivity index (χ0n) is 28.8. The fourth-order valence-corrected chi connectivity index (χ4v) is 5.47. The van der Waals surface area contributed by atoms with E-state index in [2.05, 4.69) is 0 Å². The molecule has 2 aromatic carbocycles. The molecule has 1 aliphatic rings. The number of ether oxygens (including phenoxy) is 8. The molecule has 14 heteroatoms. The quantitative estimate of drug-likeness (QED) is 0.187. The van der Waals surface area contributed by atoms with Gasteiger partial charge in [0.05, 0.1) is 19.9 Å². The number of nitrogens with zero attached hydrogens (tertiary/aromatic N) is 2. The summed E-state index contributed by atoms with van der Waals surface area (Å²) in [7, 11) is 3.17. The van der Waals surface area contributed by atoms with Crippen LogP contribution in [0.5, 0.6) is 17.4 Å². The van der Waals surface area contributed by atoms with Crippen LogP contribution < -0.4 is 14.2 Å². The van der Waals surface area contributed by atoms with Crippen molar-refractivity contribution in [2.75, 3.05) is 20.8 Å². The first-order valence-corrected chi connectivity index (χ1v) is 15.7. The number of rotatable bonds is 13. The number of hydrogen-bond acceptors (Lipinski definition) is 13. The van der Waals surface area contributed by atoms with E-state index >= 15 is 0 Å². The molecule has 0 radical (unpaired) electrons. The third kappa shape index (κ3) is 9.28. The van der Waals surface area contributed by atoms with Gasteiger partial charge < -0.3 is 37.9 Å². The van der Waals surface area contributed by atoms with E-state index in [9.17, 15) is 19.2 Å². The number of esters is 4. The Labute approximate surface area is 284 Å². The van der Waals surface area contributed by atoms with Crippen molar-refractivity contribution in [3.05, 3.63) is 59.7 Å². The fraction of sp³-hybridized carbons (Fsp3) is 0.457. The third-order valence-corrected chi connectivity index (χ3v) is 7.54. The van der Waals surface area contributed by atoms with E-state index in [-0.39, 0.29) is 11.9 Å². The van der Waals surface area contributed by atoms with Crippen molar-refractivity contribution in [1.29, 1.82) is 0 Å². The van der Waals surface area contributed by atoms with Gasteiger partial charge in [0.2, 0.25) is 18.3 Å². The smallest absolute Gasteiger partial charge is 0.303 e. The molecule has 1 saturated heterocycles. The van der Waals surface area contributed by atoms with E-state index in [0.717, 1.165) is 37.6 Å². The maximum absolute atomic E-state index is 12.4. The molecule has 5 atom stereocenters. The molecule has 0 bridgehead atoms. The van der Waals surface area contributed by atoms with E-state index in [4.69, 9.17) is 43.0 Å². The number of carbonyl (C=O) groups excluding carboxylic acids is 4. The second-order valence-corrected chi connectivity index (χ2v) is 11.6. The van der Waals surface area contributed by atoms with Gasteiger partial charge in [0.15, 0.2) is 12.2 Å². The van der Waals surface area contributed by atoms with Gasteiger partial charge in [-0.05, 0) is 55.8 Å². The monoisotopic (exact) mass is 682 g/mol. The molecular weight excluding hydrogens is 640 g/mol. The number of hydrogen-bond donors (Lipinski definition) is 0. The van der Waals surface area contributed by atoms with Crippen LogP contribution in [0.4, 0.5) is 0 Å². The first-order chi connectivity index (χ1) is 23.3. The van der Waals surface area contributed by atoms with Crippen LogP contribution in [-0.4, -0.2) is 85.2 Å². The molecule has 0 saturated carbocycles. The molecule has 1 aliphatic heterocycles. The van der Waals surface area contributed by atoms with Gasteiger partial charge >= 0.3 is 23.9 Å². The molecule has 49 heavy (non-hydrogen) atoms. The van der Waals surface area contributed by atoms with E-state index in [1.54, 1.807) is 18.9 Å². The Balaban J connectivity index is 1.88. The van der Waals surface area contributed by atoms with Gasteiger partial charge in [0.1, 0.15) is 24.2 Å². The summed E-state index contributed by atoms with van der Waals surface area (Å²) >= 11 is 0. The van der Waals surface area contributed by atoms with Crippen molar-refractivity contribution in [3.8, 4) is 28.6 Å². The minimum atomic E-state index is -1.46. The lowest BCUT2D eigenvalue weighted by Crippen LogP contribution is -2.63. The van der Waals surface area contributed by atoms with Crippen LogP contribution >= 0.6 is 0 Å². The Kier molecular flexibility index (Phi) is 12.2. The van der Waals surface area contributed by atoms with E-state index in [1.165, 1.54) is 6.92 Å². The molecule has 0 unspecified atom stereocenters. The molecule has 264 valence electrons. The van der Waals surface area contributed by atoms with Gasteiger partial charge in [0, 0.05) is 51.3 Å². The van der Waals surface area contributed by atoms with E-state index in [0.29, 0.717) is 23.5 Å². The molecule has 2 heterocycles. The minimum absolute atomic E-state index is 0.135. The zero-order chi connectivity index (χ0) is 35.8. The highest BCUT2D eigenvalue weighted by atomic mass is 16.7. The van der Waals surface area contributed by atoms with Crippen LogP contribution in [0.2, 0.25) is 0 Å². The maximum Gasteiger partial charge on any atom is 0.303 e. The Morgan fingerprint density at radius 1 is 0.755 bits per heavy atom. The zero-order valence-corrected chi connectivity index (χ0v) is 28.8. The van der Waals surface area contributed by atoms with Crippen molar-refractivity contribution in [1.82, 2.24) is 9.78 Å². The predicted octanol–water partition coefficient (Wildman–Crippen LogP) is 4.20. The summed E-state index contributed by atoms with van der Waals surface area (Å²) < 4.78 is 47.2. The Bertz CT molecular complexity index is 1620. The molecular formula is C35H42N2O12. The SMILES string of the molecule is COc1ccc(Cc2c(O[C@@H]3O[C@H](COC(C)=O)[C@@H](OC(C)=O)[C@H](OC(C)=O)[C@H]3OC(C)=O)nn(C(C)C)c2-c2ccc(OC)cc2)cc1. The van der Waals surface area contributed by atoms with Crippen molar-refractivity contribution < 1.29 is 57.1 Å². The average molecular weight is 683 g/mol. The molecule has 1 aromatic heterocycles. The second-order valence-electron chi connectivity index (χ2n) is 11.6. The number of benzene rings is 2. The largest absolute Gasteiger partial charge is 0.497 e. The van der Waals surface area contributed by atoms with Gasteiger partial charge in [-0.3, -0.25) is 23.9 Å². The predicted molar refractivity (Wildman–Crippen MR) is 173 cm³/mol. The molecule has 0 spiro atoms. The summed E-state index contributed by atoms with van der Waals surface area (Å²) in [6, 6.07) is 14.9. The second kappa shape index (κ2) is 16.3. The number of methoxy groups -OCH3 is 2. The third-order valence-electron chi connectivity index (χ3n) is 7.54. The maximum atomic E-state index is 12.4. The number of carbonyl (C=O) groups is 4. The van der Waals surface area contributed by atoms with Crippen molar-refractivity contribution in [2.45, 2.75) is 84.7 Å². The van der Waals surface area contributed by atoms with Gasteiger partial charge in [-0.1, -0.05) is 12.1 Å². The van der Waals surface area contributed by atoms with Crippen LogP contribution in [0.25, 0.3) is 11.3 Å². The van der Waals surface area contributed by atoms with Crippen LogP contribution in [0.3, 0.4) is 0 Å². The molecule has 0 amide bonds. The van der Waals surface area contributed by atoms with E-state index < -0.39 is 61.2 Å². The fourth-order valence-electron chi connectivity index (χ4n) is 5.47.